The van der Waals surface area contributed by atoms with E-state index >= 15 is 0 Å². The number of hydrogen-bond acceptors (Lipinski definition) is 3. The molecule has 0 aromatic rings. The molecule has 0 radical (unpaired) electrons. The molecule has 3 heteroatoms. The van der Waals surface area contributed by atoms with Gasteiger partial charge in [-0.3, -0.25) is 0 Å². The van der Waals surface area contributed by atoms with Crippen LogP contribution in [0.5, 0.6) is 0 Å². The monoisotopic (exact) mass is 321 g/mol. The number of nitrogens with two attached hydrogens (primary N) is 1. The van der Waals surface area contributed by atoms with E-state index in [9.17, 15) is 0 Å². The van der Waals surface area contributed by atoms with Crippen LogP contribution in [-0.2, 0) is 0 Å². The van der Waals surface area contributed by atoms with E-state index in [1.54, 1.807) is 0 Å². The Bertz CT molecular complexity index is 312. The molecule has 0 fully saturated rings. The van der Waals surface area contributed by atoms with Crippen molar-refractivity contribution in [1.82, 2.24) is 10.2 Å². The molecule has 134 valence electrons. The summed E-state index contributed by atoms with van der Waals surface area (Å²) in [5.74, 6) is 0. The summed E-state index contributed by atoms with van der Waals surface area (Å²) in [6, 6.07) is 0. The molecule has 0 bridgehead atoms. The molecule has 1 aliphatic heterocycles. The second kappa shape index (κ2) is 14.6. The van der Waals surface area contributed by atoms with Crippen molar-refractivity contribution in [3.05, 3.63) is 24.6 Å². The van der Waals surface area contributed by atoms with E-state index in [2.05, 4.69) is 41.7 Å². The van der Waals surface area contributed by atoms with Crippen LogP contribution in [0.4, 0.5) is 0 Å². The fraction of sp³-hybridized carbons (Fsp3) is 0.800. The topological polar surface area (TPSA) is 41.3 Å². The van der Waals surface area contributed by atoms with Crippen molar-refractivity contribution >= 4 is 0 Å². The van der Waals surface area contributed by atoms with Crippen molar-refractivity contribution in [3.8, 4) is 0 Å². The van der Waals surface area contributed by atoms with E-state index in [0.29, 0.717) is 6.17 Å². The zero-order valence-corrected chi connectivity index (χ0v) is 15.3. The second-order valence-electron chi connectivity index (χ2n) is 6.66. The lowest BCUT2D eigenvalue weighted by atomic mass is 10.0. The van der Waals surface area contributed by atoms with Gasteiger partial charge in [0.15, 0.2) is 0 Å². The summed E-state index contributed by atoms with van der Waals surface area (Å²) in [4.78, 5) is 2.33. The van der Waals surface area contributed by atoms with E-state index in [0.717, 1.165) is 13.1 Å². The fourth-order valence-electron chi connectivity index (χ4n) is 3.20. The van der Waals surface area contributed by atoms with Crippen molar-refractivity contribution in [2.24, 2.45) is 5.73 Å². The largest absolute Gasteiger partial charge is 0.370 e. The van der Waals surface area contributed by atoms with Gasteiger partial charge in [-0.2, -0.15) is 0 Å². The second-order valence-corrected chi connectivity index (χ2v) is 6.66. The lowest BCUT2D eigenvalue weighted by Gasteiger charge is -2.25. The average molecular weight is 322 g/mol. The van der Waals surface area contributed by atoms with Crippen LogP contribution in [0, 0.1) is 0 Å². The van der Waals surface area contributed by atoms with E-state index in [1.165, 1.54) is 77.0 Å². The minimum absolute atomic E-state index is 0.486. The maximum atomic E-state index is 5.64. The molecular formula is C20H39N3. The van der Waals surface area contributed by atoms with Crippen LogP contribution in [0.1, 0.15) is 84.0 Å². The smallest absolute Gasteiger partial charge is 0.0981 e. The SMILES string of the molecule is CC/C=C/CCCCCCCCCCCC1NC=CN1CCN. The van der Waals surface area contributed by atoms with Crippen LogP contribution >= 0.6 is 0 Å². The van der Waals surface area contributed by atoms with E-state index in [1.807, 2.05) is 0 Å². The Kier molecular flexibility index (Phi) is 12.8. The summed E-state index contributed by atoms with van der Waals surface area (Å²) < 4.78 is 0. The fourth-order valence-corrected chi connectivity index (χ4v) is 3.20. The molecule has 0 saturated carbocycles. The van der Waals surface area contributed by atoms with Crippen molar-refractivity contribution in [2.75, 3.05) is 13.1 Å². The lowest BCUT2D eigenvalue weighted by Crippen LogP contribution is -2.37. The highest BCUT2D eigenvalue weighted by Crippen LogP contribution is 2.15. The molecule has 1 rings (SSSR count). The first-order valence-electron chi connectivity index (χ1n) is 9.92. The Hall–Kier alpha value is -0.960. The molecule has 1 atom stereocenters. The molecule has 3 nitrogen and oxygen atoms in total. The Morgan fingerprint density at radius 2 is 1.61 bits per heavy atom. The number of hydrogen-bond donors (Lipinski definition) is 2. The van der Waals surface area contributed by atoms with Crippen molar-refractivity contribution in [1.29, 1.82) is 0 Å². The summed E-state index contributed by atoms with van der Waals surface area (Å²) in [6.07, 6.45) is 25.5. The predicted octanol–water partition coefficient (Wildman–Crippen LogP) is 4.90. The van der Waals surface area contributed by atoms with Gasteiger partial charge in [0, 0.05) is 25.5 Å². The molecule has 1 heterocycles. The third-order valence-electron chi connectivity index (χ3n) is 4.59. The maximum Gasteiger partial charge on any atom is 0.0981 e. The van der Waals surface area contributed by atoms with Crippen molar-refractivity contribution in [3.63, 3.8) is 0 Å². The first-order chi connectivity index (χ1) is 11.4. The highest BCUT2D eigenvalue weighted by molar-refractivity contribution is 4.94. The number of nitrogens with zero attached hydrogens (tertiary/aromatic N) is 1. The molecule has 0 aromatic heterocycles. The number of rotatable bonds is 15. The van der Waals surface area contributed by atoms with Crippen LogP contribution in [-0.4, -0.2) is 24.2 Å². The van der Waals surface area contributed by atoms with Gasteiger partial charge in [-0.15, -0.1) is 0 Å². The molecule has 23 heavy (non-hydrogen) atoms. The molecule has 3 N–H and O–H groups in total. The number of unbranched alkanes of at least 4 members (excludes halogenated alkanes) is 9. The third kappa shape index (κ3) is 10.4. The Morgan fingerprint density at radius 1 is 0.957 bits per heavy atom. The zero-order valence-electron chi connectivity index (χ0n) is 15.3. The van der Waals surface area contributed by atoms with Gasteiger partial charge in [-0.25, -0.2) is 0 Å². The summed E-state index contributed by atoms with van der Waals surface area (Å²) in [5.41, 5.74) is 5.64. The molecule has 0 aliphatic carbocycles. The van der Waals surface area contributed by atoms with E-state index in [4.69, 9.17) is 5.73 Å². The number of nitrogens with one attached hydrogen (secondary N) is 1. The summed E-state index contributed by atoms with van der Waals surface area (Å²) in [6.45, 7) is 3.90. The zero-order chi connectivity index (χ0) is 16.6. The van der Waals surface area contributed by atoms with Gasteiger partial charge in [0.25, 0.3) is 0 Å². The van der Waals surface area contributed by atoms with Gasteiger partial charge >= 0.3 is 0 Å². The van der Waals surface area contributed by atoms with E-state index < -0.39 is 0 Å². The molecule has 1 aliphatic rings. The Morgan fingerprint density at radius 3 is 2.26 bits per heavy atom. The number of allylic oxidation sites excluding steroid dienone is 2. The highest BCUT2D eigenvalue weighted by Gasteiger charge is 2.16. The van der Waals surface area contributed by atoms with Crippen LogP contribution in [0.25, 0.3) is 0 Å². The average Bonchev–Trinajstić information content (AvgIpc) is 2.99. The van der Waals surface area contributed by atoms with E-state index in [-0.39, 0.29) is 0 Å². The van der Waals surface area contributed by atoms with Crippen molar-refractivity contribution < 1.29 is 0 Å². The van der Waals surface area contributed by atoms with Gasteiger partial charge in [0.1, 0.15) is 0 Å². The first-order valence-corrected chi connectivity index (χ1v) is 9.92. The summed E-state index contributed by atoms with van der Waals surface area (Å²) in [7, 11) is 0. The molecule has 0 amide bonds. The summed E-state index contributed by atoms with van der Waals surface area (Å²) in [5, 5.41) is 3.42. The van der Waals surface area contributed by atoms with Crippen LogP contribution in [0.3, 0.4) is 0 Å². The standard InChI is InChI=1S/C20H39N3/c1-2-3-4-5-6-7-8-9-10-11-12-13-14-15-20-22-17-19-23(20)18-16-21/h3-4,17,19-20,22H,2,5-16,18,21H2,1H3/b4-3+. The molecule has 0 aromatic carbocycles. The van der Waals surface area contributed by atoms with Gasteiger partial charge in [0.2, 0.25) is 0 Å². The minimum Gasteiger partial charge on any atom is -0.370 e. The van der Waals surface area contributed by atoms with Crippen LogP contribution in [0.15, 0.2) is 24.6 Å². The molecule has 0 saturated heterocycles. The normalized spacial score (nSPS) is 17.3. The molecule has 1 unspecified atom stereocenters. The minimum atomic E-state index is 0.486. The predicted molar refractivity (Wildman–Crippen MR) is 102 cm³/mol. The van der Waals surface area contributed by atoms with Gasteiger partial charge in [0.05, 0.1) is 6.17 Å². The Balaban J connectivity index is 1.80. The lowest BCUT2D eigenvalue weighted by molar-refractivity contribution is 0.264. The third-order valence-corrected chi connectivity index (χ3v) is 4.59. The molecule has 0 spiro atoms. The van der Waals surface area contributed by atoms with Gasteiger partial charge in [-0.1, -0.05) is 64.0 Å². The van der Waals surface area contributed by atoms with Gasteiger partial charge < -0.3 is 16.0 Å². The van der Waals surface area contributed by atoms with Crippen LogP contribution < -0.4 is 11.1 Å². The van der Waals surface area contributed by atoms with Crippen LogP contribution in [0.2, 0.25) is 0 Å². The maximum absolute atomic E-state index is 5.64. The van der Waals surface area contributed by atoms with Gasteiger partial charge in [-0.05, 0) is 32.1 Å². The Labute approximate surface area is 144 Å². The molecular weight excluding hydrogens is 282 g/mol. The summed E-state index contributed by atoms with van der Waals surface area (Å²) >= 11 is 0. The highest BCUT2D eigenvalue weighted by atomic mass is 15.3. The quantitative estimate of drug-likeness (QED) is 0.333. The van der Waals surface area contributed by atoms with Crippen molar-refractivity contribution in [2.45, 2.75) is 90.1 Å². The first kappa shape index (κ1) is 20.1.